The summed E-state index contributed by atoms with van der Waals surface area (Å²) in [6.07, 6.45) is 3.82. The molecular formula is C22H25N5O3S. The van der Waals surface area contributed by atoms with E-state index in [4.69, 9.17) is 5.14 Å². The molecule has 0 saturated carbocycles. The summed E-state index contributed by atoms with van der Waals surface area (Å²) >= 11 is 0. The highest BCUT2D eigenvalue weighted by Gasteiger charge is 2.12. The van der Waals surface area contributed by atoms with Crippen LogP contribution in [0.4, 0.5) is 0 Å². The molecule has 0 atom stereocenters. The topological polar surface area (TPSA) is 118 Å². The molecule has 1 aromatic carbocycles. The Morgan fingerprint density at radius 1 is 0.903 bits per heavy atom. The monoisotopic (exact) mass is 439 g/mol. The summed E-state index contributed by atoms with van der Waals surface area (Å²) in [4.78, 5) is 23.3. The van der Waals surface area contributed by atoms with Crippen molar-refractivity contribution in [2.45, 2.75) is 31.0 Å². The van der Waals surface area contributed by atoms with Gasteiger partial charge in [0.2, 0.25) is 15.9 Å². The van der Waals surface area contributed by atoms with Crippen LogP contribution in [0.2, 0.25) is 0 Å². The third kappa shape index (κ3) is 7.56. The summed E-state index contributed by atoms with van der Waals surface area (Å²) in [6, 6.07) is 17.7. The van der Waals surface area contributed by atoms with Gasteiger partial charge in [0, 0.05) is 45.0 Å². The van der Waals surface area contributed by atoms with Crippen molar-refractivity contribution in [2.24, 2.45) is 5.14 Å². The molecule has 3 aromatic rings. The molecule has 0 aliphatic carbocycles. The van der Waals surface area contributed by atoms with E-state index in [1.54, 1.807) is 24.5 Å². The Labute approximate surface area is 182 Å². The lowest BCUT2D eigenvalue weighted by molar-refractivity contribution is -0.121. The standard InChI is InChI=1S/C22H25N5O3S/c23-31(29,30)21-9-7-18(8-10-21)15-26-22(28)11-14-27(16-19-5-1-3-12-24-19)17-20-6-2-4-13-25-20/h1-10,12-13H,11,14-17H2,(H,26,28)(H2,23,29,30). The number of pyridine rings is 2. The Morgan fingerprint density at radius 2 is 1.48 bits per heavy atom. The number of rotatable bonds is 10. The van der Waals surface area contributed by atoms with Crippen molar-refractivity contribution in [2.75, 3.05) is 6.54 Å². The summed E-state index contributed by atoms with van der Waals surface area (Å²) in [5.41, 5.74) is 2.64. The molecular weight excluding hydrogens is 414 g/mol. The molecule has 0 radical (unpaired) electrons. The van der Waals surface area contributed by atoms with Gasteiger partial charge in [-0.1, -0.05) is 24.3 Å². The lowest BCUT2D eigenvalue weighted by Crippen LogP contribution is -2.30. The summed E-state index contributed by atoms with van der Waals surface area (Å²) in [7, 11) is -3.72. The van der Waals surface area contributed by atoms with Crippen LogP contribution >= 0.6 is 0 Å². The third-order valence-electron chi connectivity index (χ3n) is 4.62. The predicted molar refractivity (Wildman–Crippen MR) is 117 cm³/mol. The molecule has 0 fully saturated rings. The van der Waals surface area contributed by atoms with E-state index in [9.17, 15) is 13.2 Å². The largest absolute Gasteiger partial charge is 0.352 e. The van der Waals surface area contributed by atoms with E-state index in [2.05, 4.69) is 20.2 Å². The minimum atomic E-state index is -3.72. The van der Waals surface area contributed by atoms with E-state index in [0.29, 0.717) is 32.6 Å². The summed E-state index contributed by atoms with van der Waals surface area (Å²) < 4.78 is 22.6. The highest BCUT2D eigenvalue weighted by Crippen LogP contribution is 2.10. The van der Waals surface area contributed by atoms with Crippen LogP contribution in [-0.2, 0) is 34.5 Å². The number of sulfonamides is 1. The maximum atomic E-state index is 12.4. The highest BCUT2D eigenvalue weighted by molar-refractivity contribution is 7.89. The van der Waals surface area contributed by atoms with Crippen molar-refractivity contribution in [1.29, 1.82) is 0 Å². The van der Waals surface area contributed by atoms with Crippen molar-refractivity contribution in [3.8, 4) is 0 Å². The fourth-order valence-electron chi connectivity index (χ4n) is 3.00. The van der Waals surface area contributed by atoms with E-state index >= 15 is 0 Å². The first-order chi connectivity index (χ1) is 14.9. The van der Waals surface area contributed by atoms with Crippen molar-refractivity contribution in [3.63, 3.8) is 0 Å². The van der Waals surface area contributed by atoms with Crippen LogP contribution in [0.3, 0.4) is 0 Å². The summed E-state index contributed by atoms with van der Waals surface area (Å²) in [5, 5.41) is 7.96. The van der Waals surface area contributed by atoms with Crippen LogP contribution in [-0.4, -0.2) is 35.7 Å². The molecule has 1 amide bonds. The number of benzene rings is 1. The zero-order valence-electron chi connectivity index (χ0n) is 17.0. The van der Waals surface area contributed by atoms with Gasteiger partial charge in [-0.25, -0.2) is 13.6 Å². The second kappa shape index (κ2) is 10.8. The molecule has 9 heteroatoms. The number of aromatic nitrogens is 2. The minimum Gasteiger partial charge on any atom is -0.352 e. The first kappa shape index (κ1) is 22.5. The van der Waals surface area contributed by atoms with Crippen LogP contribution in [0, 0.1) is 0 Å². The SMILES string of the molecule is NS(=O)(=O)c1ccc(CNC(=O)CCN(Cc2ccccn2)Cc2ccccn2)cc1. The van der Waals surface area contributed by atoms with Crippen LogP contribution in [0.5, 0.6) is 0 Å². The molecule has 3 rings (SSSR count). The van der Waals surface area contributed by atoms with Crippen molar-refractivity contribution in [1.82, 2.24) is 20.2 Å². The highest BCUT2D eigenvalue weighted by atomic mass is 32.2. The number of amides is 1. The van der Waals surface area contributed by atoms with Crippen LogP contribution < -0.4 is 10.5 Å². The average molecular weight is 440 g/mol. The van der Waals surface area contributed by atoms with Gasteiger partial charge in [-0.15, -0.1) is 0 Å². The number of nitrogens with two attached hydrogens (primary N) is 1. The average Bonchev–Trinajstić information content (AvgIpc) is 2.77. The minimum absolute atomic E-state index is 0.0438. The van der Waals surface area contributed by atoms with Gasteiger partial charge < -0.3 is 5.32 Å². The first-order valence-corrected chi connectivity index (χ1v) is 11.4. The van der Waals surface area contributed by atoms with Crippen LogP contribution in [0.25, 0.3) is 0 Å². The summed E-state index contributed by atoms with van der Waals surface area (Å²) in [5.74, 6) is -0.0948. The zero-order valence-corrected chi connectivity index (χ0v) is 17.8. The molecule has 3 N–H and O–H groups in total. The van der Waals surface area contributed by atoms with Gasteiger partial charge in [0.05, 0.1) is 16.3 Å². The molecule has 0 saturated heterocycles. The number of carbonyl (C=O) groups excluding carboxylic acids is 1. The Bertz CT molecular complexity index is 1030. The summed E-state index contributed by atoms with van der Waals surface area (Å²) in [6.45, 7) is 2.08. The molecule has 0 unspecified atom stereocenters. The Balaban J connectivity index is 1.54. The third-order valence-corrected chi connectivity index (χ3v) is 5.55. The van der Waals surface area contributed by atoms with Gasteiger partial charge >= 0.3 is 0 Å². The van der Waals surface area contributed by atoms with Crippen molar-refractivity contribution < 1.29 is 13.2 Å². The van der Waals surface area contributed by atoms with Crippen molar-refractivity contribution >= 4 is 15.9 Å². The molecule has 0 aliphatic rings. The Hall–Kier alpha value is -3.14. The first-order valence-electron chi connectivity index (χ1n) is 9.81. The fourth-order valence-corrected chi connectivity index (χ4v) is 3.52. The second-order valence-corrected chi connectivity index (χ2v) is 8.63. The second-order valence-electron chi connectivity index (χ2n) is 7.07. The van der Waals surface area contributed by atoms with E-state index in [-0.39, 0.29) is 10.8 Å². The number of hydrogen-bond acceptors (Lipinski definition) is 6. The smallest absolute Gasteiger partial charge is 0.238 e. The van der Waals surface area contributed by atoms with Gasteiger partial charge in [-0.05, 0) is 42.0 Å². The van der Waals surface area contributed by atoms with E-state index in [0.717, 1.165) is 17.0 Å². The molecule has 8 nitrogen and oxygen atoms in total. The fraction of sp³-hybridized carbons (Fsp3) is 0.227. The maximum Gasteiger partial charge on any atom is 0.238 e. The number of primary sulfonamides is 1. The normalized spacial score (nSPS) is 11.4. The molecule has 2 aromatic heterocycles. The quantitative estimate of drug-likeness (QED) is 0.498. The lowest BCUT2D eigenvalue weighted by Gasteiger charge is -2.21. The lowest BCUT2D eigenvalue weighted by atomic mass is 10.2. The molecule has 2 heterocycles. The number of carbonyl (C=O) groups is 1. The van der Waals surface area contributed by atoms with Crippen molar-refractivity contribution in [3.05, 3.63) is 90.0 Å². The molecule has 162 valence electrons. The van der Waals surface area contributed by atoms with Crippen LogP contribution in [0.1, 0.15) is 23.4 Å². The predicted octanol–water partition coefficient (Wildman–Crippen LogP) is 1.83. The van der Waals surface area contributed by atoms with E-state index < -0.39 is 10.0 Å². The molecule has 0 spiro atoms. The Morgan fingerprint density at radius 3 is 1.97 bits per heavy atom. The number of nitrogens with zero attached hydrogens (tertiary/aromatic N) is 3. The maximum absolute atomic E-state index is 12.4. The number of hydrogen-bond donors (Lipinski definition) is 2. The van der Waals surface area contributed by atoms with Gasteiger partial charge in [0.15, 0.2) is 0 Å². The van der Waals surface area contributed by atoms with Gasteiger partial charge in [0.25, 0.3) is 0 Å². The van der Waals surface area contributed by atoms with Gasteiger partial charge in [0.1, 0.15) is 0 Å². The van der Waals surface area contributed by atoms with E-state index in [1.807, 2.05) is 36.4 Å². The Kier molecular flexibility index (Phi) is 7.82. The molecule has 0 aliphatic heterocycles. The molecule has 0 bridgehead atoms. The zero-order chi connectivity index (χ0) is 22.1. The molecule has 31 heavy (non-hydrogen) atoms. The number of nitrogens with one attached hydrogen (secondary N) is 1. The van der Waals surface area contributed by atoms with E-state index in [1.165, 1.54) is 12.1 Å². The van der Waals surface area contributed by atoms with Gasteiger partial charge in [-0.3, -0.25) is 19.7 Å². The van der Waals surface area contributed by atoms with Crippen LogP contribution in [0.15, 0.2) is 78.0 Å². The van der Waals surface area contributed by atoms with Gasteiger partial charge in [-0.2, -0.15) is 0 Å².